The van der Waals surface area contributed by atoms with E-state index in [1.54, 1.807) is 0 Å². The van der Waals surface area contributed by atoms with Crippen LogP contribution >= 0.6 is 0 Å². The van der Waals surface area contributed by atoms with Crippen molar-refractivity contribution in [2.24, 2.45) is 5.92 Å². The summed E-state index contributed by atoms with van der Waals surface area (Å²) in [5, 5.41) is 24.3. The van der Waals surface area contributed by atoms with Gasteiger partial charge in [-0.05, 0) is 68.6 Å². The van der Waals surface area contributed by atoms with Crippen LogP contribution in [-0.4, -0.2) is 47.8 Å². The van der Waals surface area contributed by atoms with Crippen LogP contribution in [0.15, 0.2) is 54.6 Å². The number of alkyl halides is 3. The Morgan fingerprint density at radius 1 is 1.03 bits per heavy atom. The van der Waals surface area contributed by atoms with Gasteiger partial charge in [-0.1, -0.05) is 42.5 Å². The van der Waals surface area contributed by atoms with E-state index in [4.69, 9.17) is 0 Å². The van der Waals surface area contributed by atoms with Gasteiger partial charge in [0.15, 0.2) is 0 Å². The van der Waals surface area contributed by atoms with E-state index < -0.39 is 23.4 Å². The quantitative estimate of drug-likeness (QED) is 0.587. The molecule has 1 aliphatic heterocycles. The fraction of sp³-hybridized carbons (Fsp3) is 0.500. The van der Waals surface area contributed by atoms with Crippen LogP contribution in [0.3, 0.4) is 0 Å². The first-order chi connectivity index (χ1) is 14.6. The molecule has 0 amide bonds. The molecule has 1 heterocycles. The summed E-state index contributed by atoms with van der Waals surface area (Å²) >= 11 is 0. The number of hydrogen-bond acceptors (Lipinski definition) is 4. The molecule has 4 nitrogen and oxygen atoms in total. The molecular weight excluding hydrogens is 405 g/mol. The predicted molar refractivity (Wildman–Crippen MR) is 114 cm³/mol. The number of β-amino-alcohol motifs (C(OH)–C–C–N with tert-alkyl or cyclic N) is 1. The first-order valence-corrected chi connectivity index (χ1v) is 10.7. The number of halogens is 3. The Morgan fingerprint density at radius 3 is 2.32 bits per heavy atom. The maximum atomic E-state index is 12.9. The molecule has 2 aromatic carbocycles. The number of hydrogen-bond donors (Lipinski definition) is 3. The molecule has 31 heavy (non-hydrogen) atoms. The average molecular weight is 437 g/mol. The highest BCUT2D eigenvalue weighted by atomic mass is 19.4. The lowest BCUT2D eigenvalue weighted by atomic mass is 9.93. The molecule has 2 atom stereocenters. The number of piperidine rings is 1. The molecule has 2 aromatic rings. The van der Waals surface area contributed by atoms with E-state index in [2.05, 4.69) is 10.2 Å². The summed E-state index contributed by atoms with van der Waals surface area (Å²) in [5.41, 5.74) is -0.972. The van der Waals surface area contributed by atoms with Gasteiger partial charge in [-0.3, -0.25) is 0 Å². The molecule has 1 fully saturated rings. The molecule has 0 radical (unpaired) electrons. The van der Waals surface area contributed by atoms with Crippen molar-refractivity contribution in [3.8, 4) is 0 Å². The summed E-state index contributed by atoms with van der Waals surface area (Å²) in [7, 11) is 0. The molecule has 2 unspecified atom stereocenters. The molecule has 0 spiro atoms. The zero-order valence-electron chi connectivity index (χ0n) is 17.8. The molecular formula is C24H31F3N2O2. The topological polar surface area (TPSA) is 55.7 Å². The van der Waals surface area contributed by atoms with Gasteiger partial charge in [-0.2, -0.15) is 13.2 Å². The molecule has 3 rings (SSSR count). The van der Waals surface area contributed by atoms with Gasteiger partial charge >= 0.3 is 6.18 Å². The highest BCUT2D eigenvalue weighted by Crippen LogP contribution is 2.32. The fourth-order valence-corrected chi connectivity index (χ4v) is 4.05. The lowest BCUT2D eigenvalue weighted by Gasteiger charge is -2.34. The van der Waals surface area contributed by atoms with Crippen LogP contribution in [0.5, 0.6) is 0 Å². The first-order valence-electron chi connectivity index (χ1n) is 10.7. The largest absolute Gasteiger partial charge is 0.416 e. The van der Waals surface area contributed by atoms with Gasteiger partial charge in [0.2, 0.25) is 0 Å². The van der Waals surface area contributed by atoms with Gasteiger partial charge in [-0.15, -0.1) is 0 Å². The van der Waals surface area contributed by atoms with Crippen LogP contribution < -0.4 is 5.32 Å². The lowest BCUT2D eigenvalue weighted by molar-refractivity contribution is -0.137. The van der Waals surface area contributed by atoms with E-state index in [0.717, 1.165) is 43.6 Å². The van der Waals surface area contributed by atoms with Crippen molar-refractivity contribution >= 4 is 0 Å². The molecule has 0 saturated carbocycles. The number of rotatable bonds is 8. The van der Waals surface area contributed by atoms with Gasteiger partial charge in [-0.25, -0.2) is 0 Å². The van der Waals surface area contributed by atoms with Crippen LogP contribution in [-0.2, 0) is 11.8 Å². The number of aliphatic hydroxyl groups excluding tert-OH is 1. The van der Waals surface area contributed by atoms with Crippen molar-refractivity contribution < 1.29 is 23.4 Å². The summed E-state index contributed by atoms with van der Waals surface area (Å²) in [6.07, 6.45) is -2.99. The molecule has 1 saturated heterocycles. The van der Waals surface area contributed by atoms with Gasteiger partial charge in [0.1, 0.15) is 0 Å². The second-order valence-corrected chi connectivity index (χ2v) is 8.65. The number of nitrogens with zero attached hydrogens (tertiary/aromatic N) is 1. The monoisotopic (exact) mass is 436 g/mol. The third-order valence-corrected chi connectivity index (χ3v) is 6.04. The second-order valence-electron chi connectivity index (χ2n) is 8.65. The Morgan fingerprint density at radius 2 is 1.68 bits per heavy atom. The normalized spacial score (nSPS) is 19.2. The van der Waals surface area contributed by atoms with Gasteiger partial charge in [0.25, 0.3) is 0 Å². The van der Waals surface area contributed by atoms with Gasteiger partial charge in [0, 0.05) is 13.1 Å². The molecule has 7 heteroatoms. The Labute approximate surface area is 181 Å². The van der Waals surface area contributed by atoms with Crippen LogP contribution in [0, 0.1) is 5.92 Å². The van der Waals surface area contributed by atoms with Crippen LogP contribution in [0.2, 0.25) is 0 Å². The summed E-state index contributed by atoms with van der Waals surface area (Å²) < 4.78 is 38.8. The zero-order chi connectivity index (χ0) is 22.5. The average Bonchev–Trinajstić information content (AvgIpc) is 2.75. The third kappa shape index (κ3) is 6.77. The zero-order valence-corrected chi connectivity index (χ0v) is 17.8. The first kappa shape index (κ1) is 23.7. The third-order valence-electron chi connectivity index (χ3n) is 6.04. The van der Waals surface area contributed by atoms with E-state index in [1.807, 2.05) is 30.3 Å². The Balaban J connectivity index is 1.42. The highest BCUT2D eigenvalue weighted by molar-refractivity contribution is 5.29. The molecule has 0 bridgehead atoms. The Bertz CT molecular complexity index is 819. The van der Waals surface area contributed by atoms with Gasteiger partial charge < -0.3 is 20.4 Å². The number of benzene rings is 2. The van der Waals surface area contributed by atoms with Crippen LogP contribution in [0.4, 0.5) is 13.2 Å². The van der Waals surface area contributed by atoms with Crippen molar-refractivity contribution in [3.63, 3.8) is 0 Å². The summed E-state index contributed by atoms with van der Waals surface area (Å²) in [6, 6.07) is 14.5. The smallest absolute Gasteiger partial charge is 0.387 e. The van der Waals surface area contributed by atoms with Crippen LogP contribution in [0.1, 0.15) is 42.6 Å². The summed E-state index contributed by atoms with van der Waals surface area (Å²) in [4.78, 5) is 2.26. The lowest BCUT2D eigenvalue weighted by Crippen LogP contribution is -2.42. The maximum Gasteiger partial charge on any atom is 0.416 e. The van der Waals surface area contributed by atoms with Crippen molar-refractivity contribution in [1.82, 2.24) is 10.2 Å². The van der Waals surface area contributed by atoms with Gasteiger partial charge in [0.05, 0.1) is 17.3 Å². The van der Waals surface area contributed by atoms with Crippen molar-refractivity contribution in [2.75, 3.05) is 32.7 Å². The molecule has 1 aliphatic rings. The van der Waals surface area contributed by atoms with Crippen molar-refractivity contribution in [1.29, 1.82) is 0 Å². The van der Waals surface area contributed by atoms with Crippen molar-refractivity contribution in [2.45, 2.75) is 37.6 Å². The number of nitrogens with one attached hydrogen (secondary N) is 1. The van der Waals surface area contributed by atoms with E-state index >= 15 is 0 Å². The Kier molecular flexibility index (Phi) is 7.75. The number of likely N-dealkylation sites (tertiary alicyclic amines) is 1. The predicted octanol–water partition coefficient (Wildman–Crippen LogP) is 3.95. The van der Waals surface area contributed by atoms with E-state index in [0.29, 0.717) is 19.0 Å². The molecule has 170 valence electrons. The minimum absolute atomic E-state index is 0.182. The summed E-state index contributed by atoms with van der Waals surface area (Å²) in [5.74, 6) is 0.433. The minimum Gasteiger partial charge on any atom is -0.387 e. The van der Waals surface area contributed by atoms with Crippen LogP contribution in [0.25, 0.3) is 0 Å². The van der Waals surface area contributed by atoms with E-state index in [9.17, 15) is 23.4 Å². The maximum absolute atomic E-state index is 12.9. The summed E-state index contributed by atoms with van der Waals surface area (Å²) in [6.45, 7) is 4.80. The second kappa shape index (κ2) is 10.1. The molecule has 0 aromatic heterocycles. The van der Waals surface area contributed by atoms with E-state index in [-0.39, 0.29) is 12.1 Å². The standard InChI is InChI=1S/C24H31F3N2O2/c1-23(31,20-8-5-9-21(14-20)24(25,26)27)17-28-15-18-10-12-29(13-11-18)16-22(30)19-6-3-2-4-7-19/h2-9,14,18,22,28,30-31H,10-13,15-17H2,1H3. The molecule has 0 aliphatic carbocycles. The fourth-order valence-electron chi connectivity index (χ4n) is 4.05. The SMILES string of the molecule is CC(O)(CNCC1CCN(CC(O)c2ccccc2)CC1)c1cccc(C(F)(F)F)c1. The van der Waals surface area contributed by atoms with E-state index in [1.165, 1.54) is 19.1 Å². The molecule has 3 N–H and O–H groups in total. The highest BCUT2D eigenvalue weighted by Gasteiger charge is 2.33. The minimum atomic E-state index is -4.43. The Hall–Kier alpha value is -1.93. The number of aliphatic hydroxyl groups is 2. The van der Waals surface area contributed by atoms with Crippen molar-refractivity contribution in [3.05, 3.63) is 71.3 Å².